The number of fused-ring (bicyclic) bond motifs is 3. The van der Waals surface area contributed by atoms with Crippen molar-refractivity contribution in [1.29, 1.82) is 0 Å². The molecule has 5 heterocycles. The van der Waals surface area contributed by atoms with Gasteiger partial charge in [-0.25, -0.2) is 9.78 Å². The zero-order chi connectivity index (χ0) is 30.8. The molecule has 0 radical (unpaired) electrons. The number of nitrogens with zero attached hydrogens (tertiary/aromatic N) is 6. The maximum Gasteiger partial charge on any atom is 0.347 e. The molecule has 0 spiro atoms. The molecule has 0 saturated carbocycles. The Labute approximate surface area is 256 Å². The minimum Gasteiger partial charge on any atom is -0.469 e. The molecule has 44 heavy (non-hydrogen) atoms. The second kappa shape index (κ2) is 12.5. The molecular formula is C31H40N8O5. The van der Waals surface area contributed by atoms with Gasteiger partial charge in [0, 0.05) is 63.3 Å². The minimum absolute atomic E-state index is 0.0293. The number of carbonyl (C=O) groups excluding carboxylic acids is 2. The summed E-state index contributed by atoms with van der Waals surface area (Å²) in [6.07, 6.45) is 5.67. The highest BCUT2D eigenvalue weighted by Crippen LogP contribution is 2.39. The van der Waals surface area contributed by atoms with Gasteiger partial charge in [0.05, 0.1) is 24.4 Å². The van der Waals surface area contributed by atoms with Gasteiger partial charge in [-0.2, -0.15) is 9.98 Å². The van der Waals surface area contributed by atoms with Crippen molar-refractivity contribution < 1.29 is 23.8 Å². The van der Waals surface area contributed by atoms with Crippen LogP contribution in [-0.2, 0) is 9.47 Å². The Morgan fingerprint density at radius 2 is 1.82 bits per heavy atom. The van der Waals surface area contributed by atoms with Crippen LogP contribution in [0, 0.1) is 0 Å². The first kappa shape index (κ1) is 29.9. The Morgan fingerprint density at radius 1 is 1.11 bits per heavy atom. The van der Waals surface area contributed by atoms with Gasteiger partial charge in [-0.3, -0.25) is 4.79 Å². The van der Waals surface area contributed by atoms with Gasteiger partial charge >= 0.3 is 6.03 Å². The molecule has 2 bridgehead atoms. The number of rotatable bonds is 6. The third-order valence-electron chi connectivity index (χ3n) is 8.36. The van der Waals surface area contributed by atoms with E-state index >= 15 is 0 Å². The van der Waals surface area contributed by atoms with Crippen molar-refractivity contribution in [1.82, 2.24) is 14.9 Å². The number of nitrogens with one attached hydrogen (secondary N) is 1. The molecule has 3 amide bonds. The Morgan fingerprint density at radius 3 is 2.50 bits per heavy atom. The first-order chi connectivity index (χ1) is 21.2. The number of aromatic nitrogens is 2. The van der Waals surface area contributed by atoms with E-state index < -0.39 is 11.6 Å². The number of hydrogen-bond acceptors (Lipinski definition) is 9. The Balaban J connectivity index is 1.37. The molecule has 1 aromatic carbocycles. The van der Waals surface area contributed by atoms with E-state index in [1.54, 1.807) is 25.4 Å². The number of urea groups is 1. The molecule has 3 fully saturated rings. The van der Waals surface area contributed by atoms with Crippen LogP contribution in [0.1, 0.15) is 56.3 Å². The van der Waals surface area contributed by atoms with Crippen molar-refractivity contribution in [2.45, 2.75) is 69.8 Å². The molecule has 3 saturated heterocycles. The van der Waals surface area contributed by atoms with Gasteiger partial charge in [0.25, 0.3) is 5.91 Å². The molecule has 2 unspecified atom stereocenters. The number of amidine groups is 1. The fourth-order valence-corrected chi connectivity index (χ4v) is 6.26. The largest absolute Gasteiger partial charge is 0.469 e. The average molecular weight is 605 g/mol. The lowest BCUT2D eigenvalue weighted by molar-refractivity contribution is 0.00668. The Bertz CT molecular complexity index is 1440. The summed E-state index contributed by atoms with van der Waals surface area (Å²) >= 11 is 0. The summed E-state index contributed by atoms with van der Waals surface area (Å²) in [6, 6.07) is 6.59. The molecule has 13 nitrogen and oxygen atoms in total. The molecule has 4 aliphatic rings. The van der Waals surface area contributed by atoms with Gasteiger partial charge in [-0.05, 0) is 51.7 Å². The van der Waals surface area contributed by atoms with Crippen molar-refractivity contribution in [2.75, 3.05) is 50.1 Å². The average Bonchev–Trinajstić information content (AvgIpc) is 3.30. The normalized spacial score (nSPS) is 23.8. The molecule has 3 N–H and O–H groups in total. The Kier molecular flexibility index (Phi) is 8.50. The van der Waals surface area contributed by atoms with E-state index in [-0.39, 0.29) is 42.3 Å². The second-order valence-electron chi connectivity index (χ2n) is 12.3. The minimum atomic E-state index is -0.675. The summed E-state index contributed by atoms with van der Waals surface area (Å²) in [7, 11) is 1.63. The predicted octanol–water partition coefficient (Wildman–Crippen LogP) is 3.28. The number of amides is 3. The van der Waals surface area contributed by atoms with Crippen LogP contribution < -0.4 is 20.7 Å². The van der Waals surface area contributed by atoms with E-state index in [2.05, 4.69) is 20.2 Å². The number of aliphatic imine (C=N–C) groups is 2. The summed E-state index contributed by atoms with van der Waals surface area (Å²) in [5.41, 5.74) is 7.18. The molecule has 6 rings (SSSR count). The SMILES string of the molecule is CN=CCC(N)=NC(=O)Nc1ccc(-c2nc(N3CC4CCC(C3)O4)nc3c2C(=O)N(C2CCOCC2)CC(C)(C)O3)cc1. The van der Waals surface area contributed by atoms with Gasteiger partial charge < -0.3 is 40.1 Å². The quantitative estimate of drug-likeness (QED) is 0.373. The molecule has 2 atom stereocenters. The lowest BCUT2D eigenvalue weighted by Crippen LogP contribution is -2.49. The highest BCUT2D eigenvalue weighted by Gasteiger charge is 2.42. The lowest BCUT2D eigenvalue weighted by Gasteiger charge is -2.36. The number of carbonyl (C=O) groups is 2. The number of morpholine rings is 1. The van der Waals surface area contributed by atoms with E-state index in [1.807, 2.05) is 30.9 Å². The van der Waals surface area contributed by atoms with Crippen molar-refractivity contribution in [3.8, 4) is 17.1 Å². The summed E-state index contributed by atoms with van der Waals surface area (Å²) in [5, 5.41) is 2.73. The van der Waals surface area contributed by atoms with Crippen molar-refractivity contribution in [3.05, 3.63) is 29.8 Å². The summed E-state index contributed by atoms with van der Waals surface area (Å²) in [6.45, 7) is 6.97. The molecule has 13 heteroatoms. The number of ether oxygens (including phenoxy) is 3. The fraction of sp³-hybridized carbons (Fsp3) is 0.548. The third kappa shape index (κ3) is 6.53. The third-order valence-corrected chi connectivity index (χ3v) is 8.36. The first-order valence-electron chi connectivity index (χ1n) is 15.2. The summed E-state index contributed by atoms with van der Waals surface area (Å²) in [4.78, 5) is 48.5. The van der Waals surface area contributed by atoms with Crippen LogP contribution in [0.3, 0.4) is 0 Å². The van der Waals surface area contributed by atoms with Crippen LogP contribution in [0.25, 0.3) is 11.3 Å². The number of nitrogens with two attached hydrogens (primary N) is 1. The summed E-state index contributed by atoms with van der Waals surface area (Å²) in [5.74, 6) is 0.804. The maximum atomic E-state index is 14.4. The van der Waals surface area contributed by atoms with Gasteiger partial charge in [-0.1, -0.05) is 12.1 Å². The van der Waals surface area contributed by atoms with Crippen LogP contribution in [0.5, 0.6) is 5.88 Å². The number of anilines is 2. The van der Waals surface area contributed by atoms with Crippen LogP contribution in [0.15, 0.2) is 34.3 Å². The number of benzene rings is 1. The van der Waals surface area contributed by atoms with E-state index in [9.17, 15) is 9.59 Å². The summed E-state index contributed by atoms with van der Waals surface area (Å²) < 4.78 is 18.2. The topological polar surface area (TPSA) is 157 Å². The molecule has 234 valence electrons. The van der Waals surface area contributed by atoms with E-state index in [1.165, 1.54) is 0 Å². The highest BCUT2D eigenvalue weighted by molar-refractivity contribution is 6.04. The van der Waals surface area contributed by atoms with E-state index in [4.69, 9.17) is 29.9 Å². The van der Waals surface area contributed by atoms with Crippen LogP contribution in [-0.4, -0.2) is 103 Å². The maximum absolute atomic E-state index is 14.4. The number of hydrogen-bond donors (Lipinski definition) is 2. The monoisotopic (exact) mass is 604 g/mol. The van der Waals surface area contributed by atoms with Crippen LogP contribution in [0.4, 0.5) is 16.4 Å². The predicted molar refractivity (Wildman–Crippen MR) is 167 cm³/mol. The smallest absolute Gasteiger partial charge is 0.347 e. The molecular weight excluding hydrogens is 564 g/mol. The van der Waals surface area contributed by atoms with Crippen molar-refractivity contribution in [3.63, 3.8) is 0 Å². The van der Waals surface area contributed by atoms with E-state index in [0.29, 0.717) is 61.3 Å². The second-order valence-corrected chi connectivity index (χ2v) is 12.3. The lowest BCUT2D eigenvalue weighted by atomic mass is 10.0. The molecule has 1 aromatic heterocycles. The van der Waals surface area contributed by atoms with Gasteiger partial charge in [0.15, 0.2) is 0 Å². The zero-order valence-corrected chi connectivity index (χ0v) is 25.5. The van der Waals surface area contributed by atoms with Gasteiger partial charge in [0.2, 0.25) is 11.8 Å². The standard InChI is InChI=1S/C31H40N8O5/c1-31(2)18-39(21-11-14-42-15-12-21)28(40)25-26(19-4-6-20(7-5-19)34-30(41)35-24(32)10-13-33-3)36-29(37-27(25)44-31)38-16-22-8-9-23(17-38)43-22/h4-7,13,21-23H,8-12,14-18H2,1-3H3,(H3,32,34,35,41). The van der Waals surface area contributed by atoms with Crippen molar-refractivity contribution >= 4 is 35.6 Å². The van der Waals surface area contributed by atoms with Gasteiger partial charge in [-0.15, -0.1) is 0 Å². The zero-order valence-electron chi connectivity index (χ0n) is 25.5. The molecule has 2 aromatic rings. The highest BCUT2D eigenvalue weighted by atomic mass is 16.5. The van der Waals surface area contributed by atoms with Crippen molar-refractivity contribution in [2.24, 2.45) is 15.7 Å². The van der Waals surface area contributed by atoms with Gasteiger partial charge in [0.1, 0.15) is 17.0 Å². The molecule has 4 aliphatic heterocycles. The van der Waals surface area contributed by atoms with Crippen LogP contribution >= 0.6 is 0 Å². The Hall–Kier alpha value is -4.10. The van der Waals surface area contributed by atoms with E-state index in [0.717, 1.165) is 25.7 Å². The molecule has 0 aliphatic carbocycles. The fourth-order valence-electron chi connectivity index (χ4n) is 6.26. The van der Waals surface area contributed by atoms with Crippen LogP contribution in [0.2, 0.25) is 0 Å². The first-order valence-corrected chi connectivity index (χ1v) is 15.2.